The second-order valence-electron chi connectivity index (χ2n) is 6.24. The highest BCUT2D eigenvalue weighted by molar-refractivity contribution is 5.86. The molecule has 1 aliphatic heterocycles. The van der Waals surface area contributed by atoms with Crippen LogP contribution in [0.5, 0.6) is 0 Å². The third-order valence-electron chi connectivity index (χ3n) is 4.46. The third-order valence-corrected chi connectivity index (χ3v) is 4.46. The van der Waals surface area contributed by atoms with E-state index < -0.39 is 5.97 Å². The lowest BCUT2D eigenvalue weighted by Gasteiger charge is -2.27. The Balaban J connectivity index is 1.97. The number of nitrogens with zero attached hydrogens (tertiary/aromatic N) is 2. The molecule has 0 aromatic carbocycles. The number of fused-ring (bicyclic) bond motifs is 1. The number of imidazole rings is 1. The number of aryl methyl sites for hydroxylation is 1. The first-order valence-corrected chi connectivity index (χ1v) is 7.57. The molecule has 2 aromatic heterocycles. The van der Waals surface area contributed by atoms with E-state index in [-0.39, 0.29) is 5.69 Å². The van der Waals surface area contributed by atoms with E-state index in [9.17, 15) is 9.90 Å². The summed E-state index contributed by atoms with van der Waals surface area (Å²) in [4.78, 5) is 17.0. The van der Waals surface area contributed by atoms with Crippen LogP contribution in [0.1, 0.15) is 41.5 Å². The number of carboxylic acid groups (broad SMARTS) is 1. The molecule has 1 fully saturated rings. The van der Waals surface area contributed by atoms with Crippen LogP contribution in [0.25, 0.3) is 5.65 Å². The fourth-order valence-electron chi connectivity index (χ4n) is 3.12. The Bertz CT molecular complexity index is 669. The molecular formula is C16H21N3O2. The van der Waals surface area contributed by atoms with Gasteiger partial charge in [0.2, 0.25) is 0 Å². The van der Waals surface area contributed by atoms with Crippen molar-refractivity contribution in [3.05, 3.63) is 35.3 Å². The Hall–Kier alpha value is -1.88. The Morgan fingerprint density at radius 2 is 2.14 bits per heavy atom. The van der Waals surface area contributed by atoms with Gasteiger partial charge in [0.25, 0.3) is 0 Å². The van der Waals surface area contributed by atoms with Gasteiger partial charge in [0.1, 0.15) is 23.6 Å². The van der Waals surface area contributed by atoms with Gasteiger partial charge >= 0.3 is 0 Å². The van der Waals surface area contributed by atoms with Gasteiger partial charge in [0.15, 0.2) is 0 Å². The largest absolute Gasteiger partial charge is 0.543 e. The first-order valence-electron chi connectivity index (χ1n) is 7.57. The summed E-state index contributed by atoms with van der Waals surface area (Å²) in [5.41, 5.74) is 2.62. The summed E-state index contributed by atoms with van der Waals surface area (Å²) in [5.74, 6) is -0.407. The van der Waals surface area contributed by atoms with Crippen LogP contribution in [-0.4, -0.2) is 28.4 Å². The Morgan fingerprint density at radius 1 is 1.43 bits per heavy atom. The summed E-state index contributed by atoms with van der Waals surface area (Å²) in [6.45, 7) is 7.15. The molecule has 0 bridgehead atoms. The second kappa shape index (κ2) is 5.48. The van der Waals surface area contributed by atoms with Crippen molar-refractivity contribution in [1.29, 1.82) is 0 Å². The molecule has 0 radical (unpaired) electrons. The number of hydrogen-bond acceptors (Lipinski definition) is 3. The molecular weight excluding hydrogens is 266 g/mol. The minimum Gasteiger partial charge on any atom is -0.543 e. The molecule has 5 heteroatoms. The summed E-state index contributed by atoms with van der Waals surface area (Å²) in [7, 11) is 0. The molecule has 2 aromatic rings. The minimum atomic E-state index is -1.18. The molecule has 112 valence electrons. The number of carbonyl (C=O) groups excluding carboxylic acids is 1. The van der Waals surface area contributed by atoms with Gasteiger partial charge in [0.05, 0.1) is 19.1 Å². The van der Waals surface area contributed by atoms with Crippen molar-refractivity contribution < 1.29 is 14.8 Å². The van der Waals surface area contributed by atoms with Crippen LogP contribution in [0.15, 0.2) is 18.3 Å². The fourth-order valence-corrected chi connectivity index (χ4v) is 3.12. The van der Waals surface area contributed by atoms with Crippen LogP contribution >= 0.6 is 0 Å². The highest BCUT2D eigenvalue weighted by atomic mass is 16.4. The van der Waals surface area contributed by atoms with E-state index >= 15 is 0 Å². The lowest BCUT2D eigenvalue weighted by molar-refractivity contribution is -0.920. The van der Waals surface area contributed by atoms with Gasteiger partial charge in [-0.15, -0.1) is 0 Å². The first kappa shape index (κ1) is 14.1. The van der Waals surface area contributed by atoms with Crippen LogP contribution in [-0.2, 0) is 6.54 Å². The van der Waals surface area contributed by atoms with Crippen molar-refractivity contribution in [2.24, 2.45) is 5.92 Å². The molecule has 1 saturated heterocycles. The fraction of sp³-hybridized carbons (Fsp3) is 0.500. The zero-order chi connectivity index (χ0) is 15.0. The molecule has 21 heavy (non-hydrogen) atoms. The molecule has 0 amide bonds. The summed E-state index contributed by atoms with van der Waals surface area (Å²) < 4.78 is 1.91. The highest BCUT2D eigenvalue weighted by Gasteiger charge is 2.23. The maximum Gasteiger partial charge on any atom is 0.137 e. The molecule has 3 heterocycles. The van der Waals surface area contributed by atoms with Crippen molar-refractivity contribution in [3.8, 4) is 0 Å². The summed E-state index contributed by atoms with van der Waals surface area (Å²) in [6, 6.07) is 3.81. The van der Waals surface area contributed by atoms with E-state index in [1.807, 2.05) is 29.7 Å². The molecule has 5 nitrogen and oxygen atoms in total. The number of rotatable bonds is 3. The van der Waals surface area contributed by atoms with E-state index in [0.29, 0.717) is 12.2 Å². The quantitative estimate of drug-likeness (QED) is 0.852. The number of nitrogens with one attached hydrogen (secondary N) is 1. The molecule has 0 unspecified atom stereocenters. The third kappa shape index (κ3) is 2.78. The number of likely N-dealkylation sites (tertiary alicyclic amines) is 1. The van der Waals surface area contributed by atoms with Gasteiger partial charge in [-0.2, -0.15) is 0 Å². The smallest absolute Gasteiger partial charge is 0.137 e. The molecule has 1 aliphatic rings. The average Bonchev–Trinajstić information content (AvgIpc) is 2.80. The topological polar surface area (TPSA) is 61.9 Å². The number of hydrogen-bond donors (Lipinski definition) is 1. The van der Waals surface area contributed by atoms with Gasteiger partial charge < -0.3 is 14.8 Å². The number of carbonyl (C=O) groups is 1. The Labute approximate surface area is 124 Å². The Kier molecular flexibility index (Phi) is 3.68. The molecule has 0 aliphatic carbocycles. The zero-order valence-electron chi connectivity index (χ0n) is 12.6. The van der Waals surface area contributed by atoms with Crippen molar-refractivity contribution in [2.75, 3.05) is 13.1 Å². The van der Waals surface area contributed by atoms with E-state index in [2.05, 4.69) is 11.9 Å². The highest BCUT2D eigenvalue weighted by Crippen LogP contribution is 2.14. The van der Waals surface area contributed by atoms with Crippen molar-refractivity contribution in [1.82, 2.24) is 9.38 Å². The summed E-state index contributed by atoms with van der Waals surface area (Å²) in [6.07, 6.45) is 4.35. The molecule has 0 saturated carbocycles. The van der Waals surface area contributed by atoms with Crippen molar-refractivity contribution in [3.63, 3.8) is 0 Å². The van der Waals surface area contributed by atoms with E-state index in [0.717, 1.165) is 30.3 Å². The Morgan fingerprint density at radius 3 is 2.81 bits per heavy atom. The predicted octanol–water partition coefficient (Wildman–Crippen LogP) is -0.179. The van der Waals surface area contributed by atoms with Gasteiger partial charge in [-0.1, -0.05) is 13.0 Å². The van der Waals surface area contributed by atoms with E-state index in [4.69, 9.17) is 0 Å². The summed E-state index contributed by atoms with van der Waals surface area (Å²) >= 11 is 0. The monoisotopic (exact) mass is 287 g/mol. The number of pyridine rings is 1. The van der Waals surface area contributed by atoms with Crippen LogP contribution in [0, 0.1) is 12.8 Å². The van der Waals surface area contributed by atoms with E-state index in [1.165, 1.54) is 17.7 Å². The van der Waals surface area contributed by atoms with Gasteiger partial charge in [-0.3, -0.25) is 4.40 Å². The molecule has 0 atom stereocenters. The van der Waals surface area contributed by atoms with Crippen LogP contribution in [0.3, 0.4) is 0 Å². The molecule has 1 N–H and O–H groups in total. The zero-order valence-corrected chi connectivity index (χ0v) is 12.6. The lowest BCUT2D eigenvalue weighted by Crippen LogP contribution is -3.11. The van der Waals surface area contributed by atoms with Crippen LogP contribution in [0.2, 0.25) is 0 Å². The maximum absolute atomic E-state index is 11.4. The van der Waals surface area contributed by atoms with Crippen molar-refractivity contribution in [2.45, 2.75) is 33.2 Å². The van der Waals surface area contributed by atoms with Crippen LogP contribution in [0.4, 0.5) is 0 Å². The molecule has 0 spiro atoms. The minimum absolute atomic E-state index is 0.0896. The average molecular weight is 287 g/mol. The van der Waals surface area contributed by atoms with Crippen LogP contribution < -0.4 is 10.0 Å². The summed E-state index contributed by atoms with van der Waals surface area (Å²) in [5, 5.41) is 11.4. The van der Waals surface area contributed by atoms with E-state index in [1.54, 1.807) is 0 Å². The lowest BCUT2D eigenvalue weighted by atomic mass is 9.99. The first-order chi connectivity index (χ1) is 10.0. The van der Waals surface area contributed by atoms with Crippen molar-refractivity contribution >= 4 is 11.6 Å². The second-order valence-corrected chi connectivity index (χ2v) is 6.24. The number of carboxylic acids is 1. The van der Waals surface area contributed by atoms with Gasteiger partial charge in [-0.25, -0.2) is 4.98 Å². The van der Waals surface area contributed by atoms with Gasteiger partial charge in [-0.05, 0) is 37.3 Å². The SMILES string of the molecule is Cc1ccc2nc(C(=O)[O-])c(C[NH+]3CCC(C)CC3)n2c1. The number of piperidine rings is 1. The van der Waals surface area contributed by atoms with Gasteiger partial charge in [0, 0.05) is 6.20 Å². The maximum atomic E-state index is 11.4. The number of aromatic nitrogens is 2. The molecule has 3 rings (SSSR count). The standard InChI is InChI=1S/C16H21N3O2/c1-11-5-7-18(8-6-11)10-13-15(16(20)21)17-14-4-3-12(2)9-19(13)14/h3-4,9,11H,5-8,10H2,1-2H3,(H,20,21). The predicted molar refractivity (Wildman–Crippen MR) is 77.1 cm³/mol. The number of quaternary nitrogens is 1. The number of aromatic carboxylic acids is 1. The normalized spacial score (nSPS) is 22.6.